The lowest BCUT2D eigenvalue weighted by Crippen LogP contribution is -2.21. The van der Waals surface area contributed by atoms with Gasteiger partial charge in [0.05, 0.1) is 0 Å². The molecule has 2 aromatic rings. The Hall–Kier alpha value is -1.61. The molecule has 0 aliphatic rings. The molecule has 0 bridgehead atoms. The third-order valence-electron chi connectivity index (χ3n) is 2.64. The number of nitrogens with zero attached hydrogens (tertiary/aromatic N) is 1. The van der Waals surface area contributed by atoms with Gasteiger partial charge in [0, 0.05) is 17.6 Å². The lowest BCUT2D eigenvalue weighted by Gasteiger charge is -2.07. The van der Waals surface area contributed by atoms with Crippen molar-refractivity contribution in [3.63, 3.8) is 0 Å². The Morgan fingerprint density at radius 3 is 2.88 bits per heavy atom. The van der Waals surface area contributed by atoms with Crippen LogP contribution in [0.5, 0.6) is 5.88 Å². The summed E-state index contributed by atoms with van der Waals surface area (Å²) < 4.78 is 5.54. The summed E-state index contributed by atoms with van der Waals surface area (Å²) in [5.41, 5.74) is 0. The largest absolute Gasteiger partial charge is 0.462 e. The number of pyridine rings is 1. The highest BCUT2D eigenvalue weighted by Crippen LogP contribution is 2.17. The molecule has 0 saturated carbocycles. The molecule has 0 saturated heterocycles. The molecule has 0 unspecified atom stereocenters. The highest BCUT2D eigenvalue weighted by atomic mass is 16.5. The maximum Gasteiger partial charge on any atom is 0.215 e. The van der Waals surface area contributed by atoms with Crippen molar-refractivity contribution in [2.75, 3.05) is 13.3 Å². The zero-order valence-electron chi connectivity index (χ0n) is 10.1. The number of benzene rings is 1. The van der Waals surface area contributed by atoms with Crippen molar-refractivity contribution in [3.05, 3.63) is 36.5 Å². The molecule has 0 aliphatic heterocycles. The Morgan fingerprint density at radius 1 is 1.24 bits per heavy atom. The zero-order valence-corrected chi connectivity index (χ0v) is 10.1. The van der Waals surface area contributed by atoms with E-state index >= 15 is 0 Å². The van der Waals surface area contributed by atoms with E-state index in [1.54, 1.807) is 0 Å². The first-order valence-corrected chi connectivity index (χ1v) is 6.08. The van der Waals surface area contributed by atoms with Crippen molar-refractivity contribution in [2.24, 2.45) is 0 Å². The van der Waals surface area contributed by atoms with E-state index in [2.05, 4.69) is 23.3 Å². The fraction of sp³-hybridized carbons (Fsp3) is 0.357. The molecule has 1 heterocycles. The number of rotatable bonds is 6. The Balaban J connectivity index is 1.90. The summed E-state index contributed by atoms with van der Waals surface area (Å²) in [5, 5.41) is 5.52. The van der Waals surface area contributed by atoms with Gasteiger partial charge in [0.1, 0.15) is 6.73 Å². The maximum atomic E-state index is 5.54. The number of unbranched alkanes of at least 4 members (excludes halogenated alkanes) is 1. The molecule has 0 radical (unpaired) electrons. The topological polar surface area (TPSA) is 34.1 Å². The zero-order chi connectivity index (χ0) is 11.9. The molecule has 2 rings (SSSR count). The van der Waals surface area contributed by atoms with Crippen molar-refractivity contribution in [2.45, 2.75) is 19.8 Å². The molecule has 3 heteroatoms. The monoisotopic (exact) mass is 230 g/mol. The molecular weight excluding hydrogens is 212 g/mol. The number of hydrogen-bond donors (Lipinski definition) is 1. The Morgan fingerprint density at radius 2 is 2.06 bits per heavy atom. The summed E-state index contributed by atoms with van der Waals surface area (Å²) in [7, 11) is 0. The molecule has 3 nitrogen and oxygen atoms in total. The van der Waals surface area contributed by atoms with Gasteiger partial charge in [-0.15, -0.1) is 0 Å². The van der Waals surface area contributed by atoms with Gasteiger partial charge in [0.15, 0.2) is 0 Å². The van der Waals surface area contributed by atoms with E-state index in [4.69, 9.17) is 4.74 Å². The quantitative estimate of drug-likeness (QED) is 0.612. The Labute approximate surface area is 102 Å². The standard InChI is InChI=1S/C14H18N2O/c1-2-3-8-15-11-17-14-9-12-6-4-5-7-13(12)10-16-14/h4-7,9-10,15H,2-3,8,11H2,1H3. The molecule has 1 aromatic carbocycles. The van der Waals surface area contributed by atoms with Crippen molar-refractivity contribution >= 4 is 10.8 Å². The Bertz CT molecular complexity index is 470. The summed E-state index contributed by atoms with van der Waals surface area (Å²) in [6.45, 7) is 3.68. The van der Waals surface area contributed by atoms with Gasteiger partial charge in [0.25, 0.3) is 0 Å². The molecule has 0 aliphatic carbocycles. The molecule has 90 valence electrons. The van der Waals surface area contributed by atoms with Crippen LogP contribution in [0.1, 0.15) is 19.8 Å². The molecule has 0 spiro atoms. The minimum Gasteiger partial charge on any atom is -0.462 e. The molecular formula is C14H18N2O. The lowest BCUT2D eigenvalue weighted by atomic mass is 10.2. The number of aromatic nitrogens is 1. The van der Waals surface area contributed by atoms with Crippen LogP contribution in [0.2, 0.25) is 0 Å². The van der Waals surface area contributed by atoms with Crippen molar-refractivity contribution in [3.8, 4) is 5.88 Å². The second-order valence-corrected chi connectivity index (χ2v) is 4.01. The molecule has 1 aromatic heterocycles. The van der Waals surface area contributed by atoms with Crippen LogP contribution in [0.25, 0.3) is 10.8 Å². The van der Waals surface area contributed by atoms with Crippen molar-refractivity contribution in [1.29, 1.82) is 0 Å². The van der Waals surface area contributed by atoms with Gasteiger partial charge in [-0.3, -0.25) is 5.32 Å². The minimum absolute atomic E-state index is 0.519. The molecule has 0 fully saturated rings. The van der Waals surface area contributed by atoms with Gasteiger partial charge in [-0.05, 0) is 18.4 Å². The van der Waals surface area contributed by atoms with Gasteiger partial charge in [0.2, 0.25) is 5.88 Å². The van der Waals surface area contributed by atoms with E-state index in [0.29, 0.717) is 12.6 Å². The second-order valence-electron chi connectivity index (χ2n) is 4.01. The van der Waals surface area contributed by atoms with Gasteiger partial charge in [-0.25, -0.2) is 4.98 Å². The first-order chi connectivity index (χ1) is 8.40. The van der Waals surface area contributed by atoms with Crippen LogP contribution in [-0.2, 0) is 0 Å². The summed E-state index contributed by atoms with van der Waals surface area (Å²) in [6.07, 6.45) is 4.21. The average Bonchev–Trinajstić information content (AvgIpc) is 2.38. The number of nitrogens with one attached hydrogen (secondary N) is 1. The van der Waals surface area contributed by atoms with Crippen LogP contribution in [0.4, 0.5) is 0 Å². The van der Waals surface area contributed by atoms with E-state index < -0.39 is 0 Å². The van der Waals surface area contributed by atoms with Gasteiger partial charge >= 0.3 is 0 Å². The predicted octanol–water partition coefficient (Wildman–Crippen LogP) is 2.96. The van der Waals surface area contributed by atoms with Gasteiger partial charge in [-0.2, -0.15) is 0 Å². The lowest BCUT2D eigenvalue weighted by molar-refractivity contribution is 0.273. The van der Waals surface area contributed by atoms with E-state index in [-0.39, 0.29) is 0 Å². The summed E-state index contributed by atoms with van der Waals surface area (Å²) >= 11 is 0. The summed E-state index contributed by atoms with van der Waals surface area (Å²) in [6, 6.07) is 10.1. The number of ether oxygens (including phenoxy) is 1. The molecule has 1 N–H and O–H groups in total. The van der Waals surface area contributed by atoms with E-state index in [0.717, 1.165) is 17.3 Å². The molecule has 0 atom stereocenters. The van der Waals surface area contributed by atoms with E-state index in [9.17, 15) is 0 Å². The SMILES string of the molecule is CCCCNCOc1cc2ccccc2cn1. The van der Waals surface area contributed by atoms with Gasteiger partial charge < -0.3 is 4.74 Å². The van der Waals surface area contributed by atoms with Crippen LogP contribution in [0.15, 0.2) is 36.5 Å². The van der Waals surface area contributed by atoms with Gasteiger partial charge in [-0.1, -0.05) is 37.6 Å². The van der Waals surface area contributed by atoms with Crippen LogP contribution in [-0.4, -0.2) is 18.3 Å². The third-order valence-corrected chi connectivity index (χ3v) is 2.64. The van der Waals surface area contributed by atoms with Crippen LogP contribution < -0.4 is 10.1 Å². The highest BCUT2D eigenvalue weighted by molar-refractivity contribution is 5.82. The fourth-order valence-corrected chi connectivity index (χ4v) is 1.64. The first kappa shape index (κ1) is 11.9. The first-order valence-electron chi connectivity index (χ1n) is 6.08. The number of fused-ring (bicyclic) bond motifs is 1. The fourth-order valence-electron chi connectivity index (χ4n) is 1.64. The highest BCUT2D eigenvalue weighted by Gasteiger charge is 1.97. The second kappa shape index (κ2) is 6.21. The Kier molecular flexibility index (Phi) is 4.33. The van der Waals surface area contributed by atoms with E-state index in [1.807, 2.05) is 30.5 Å². The molecule has 17 heavy (non-hydrogen) atoms. The minimum atomic E-state index is 0.519. The third kappa shape index (κ3) is 3.43. The van der Waals surface area contributed by atoms with Crippen molar-refractivity contribution in [1.82, 2.24) is 10.3 Å². The van der Waals surface area contributed by atoms with Crippen molar-refractivity contribution < 1.29 is 4.74 Å². The van der Waals surface area contributed by atoms with E-state index in [1.165, 1.54) is 12.8 Å². The van der Waals surface area contributed by atoms with Crippen LogP contribution >= 0.6 is 0 Å². The summed E-state index contributed by atoms with van der Waals surface area (Å²) in [4.78, 5) is 4.26. The summed E-state index contributed by atoms with van der Waals surface area (Å²) in [5.74, 6) is 0.674. The van der Waals surface area contributed by atoms with Crippen LogP contribution in [0, 0.1) is 0 Å². The maximum absolute atomic E-state index is 5.54. The predicted molar refractivity (Wildman–Crippen MR) is 70.1 cm³/mol. The number of hydrogen-bond acceptors (Lipinski definition) is 3. The average molecular weight is 230 g/mol. The smallest absolute Gasteiger partial charge is 0.215 e. The molecule has 0 amide bonds. The van der Waals surface area contributed by atoms with Crippen LogP contribution in [0.3, 0.4) is 0 Å². The normalized spacial score (nSPS) is 10.6.